The van der Waals surface area contributed by atoms with E-state index < -0.39 is 0 Å². The summed E-state index contributed by atoms with van der Waals surface area (Å²) in [5.41, 5.74) is 1.10. The van der Waals surface area contributed by atoms with Crippen LogP contribution in [0.2, 0.25) is 0 Å². The van der Waals surface area contributed by atoms with E-state index in [1.807, 2.05) is 0 Å². The maximum atomic E-state index is 9.92. The molecule has 1 N–H and O–H groups in total. The third-order valence-electron chi connectivity index (χ3n) is 5.60. The zero-order valence-corrected chi connectivity index (χ0v) is 14.6. The summed E-state index contributed by atoms with van der Waals surface area (Å²) in [5, 5.41) is 14.7. The van der Waals surface area contributed by atoms with Gasteiger partial charge in [0, 0.05) is 38.9 Å². The Bertz CT molecular complexity index is 490. The van der Waals surface area contributed by atoms with Gasteiger partial charge in [0.05, 0.1) is 23.4 Å². The monoisotopic (exact) mass is 321 g/mol. The molecule has 0 radical (unpaired) electrons. The van der Waals surface area contributed by atoms with Crippen molar-refractivity contribution in [1.29, 1.82) is 0 Å². The Morgan fingerprint density at radius 3 is 2.74 bits per heavy atom. The van der Waals surface area contributed by atoms with Gasteiger partial charge in [-0.2, -0.15) is 5.10 Å². The number of aliphatic hydroxyl groups excluding tert-OH is 1. The number of ether oxygens (including phenoxy) is 1. The fraction of sp³-hybridized carbons (Fsp3) is 0.833. The predicted octanol–water partition coefficient (Wildman–Crippen LogP) is 2.75. The molecule has 2 aliphatic heterocycles. The summed E-state index contributed by atoms with van der Waals surface area (Å²) >= 11 is 0. The molecule has 1 atom stereocenters. The first-order valence-electron chi connectivity index (χ1n) is 9.22. The molecule has 2 saturated heterocycles. The summed E-state index contributed by atoms with van der Waals surface area (Å²) < 4.78 is 8.16. The van der Waals surface area contributed by atoms with Crippen molar-refractivity contribution in [1.82, 2.24) is 14.7 Å². The Balaban J connectivity index is 1.53. The van der Waals surface area contributed by atoms with E-state index in [4.69, 9.17) is 9.84 Å². The van der Waals surface area contributed by atoms with Crippen LogP contribution in [0.25, 0.3) is 0 Å². The summed E-state index contributed by atoms with van der Waals surface area (Å²) in [6.07, 6.45) is 7.86. The van der Waals surface area contributed by atoms with E-state index in [2.05, 4.69) is 35.7 Å². The van der Waals surface area contributed by atoms with Crippen molar-refractivity contribution in [2.24, 2.45) is 0 Å². The SMILES string of the molecule is CCC(CC)n1ccc(CN2CCC3(CC2)CC(O)CCO3)n1. The molecule has 0 amide bonds. The molecule has 1 aromatic heterocycles. The minimum atomic E-state index is -0.175. The Morgan fingerprint density at radius 1 is 1.35 bits per heavy atom. The maximum Gasteiger partial charge on any atom is 0.0764 e. The second-order valence-electron chi connectivity index (χ2n) is 7.21. The highest BCUT2D eigenvalue weighted by Gasteiger charge is 2.39. The molecule has 0 aliphatic carbocycles. The highest BCUT2D eigenvalue weighted by molar-refractivity contribution is 5.01. The van der Waals surface area contributed by atoms with Crippen LogP contribution in [0.4, 0.5) is 0 Å². The Kier molecular flexibility index (Phi) is 5.39. The van der Waals surface area contributed by atoms with Crippen molar-refractivity contribution >= 4 is 0 Å². The van der Waals surface area contributed by atoms with E-state index in [0.29, 0.717) is 12.6 Å². The van der Waals surface area contributed by atoms with Gasteiger partial charge in [0.2, 0.25) is 0 Å². The zero-order valence-electron chi connectivity index (χ0n) is 14.6. The fourth-order valence-corrected chi connectivity index (χ4v) is 4.03. The van der Waals surface area contributed by atoms with Gasteiger partial charge in [-0.05, 0) is 38.2 Å². The summed E-state index contributed by atoms with van der Waals surface area (Å²) in [6.45, 7) is 8.14. The lowest BCUT2D eigenvalue weighted by atomic mass is 9.83. The number of aliphatic hydroxyl groups is 1. The lowest BCUT2D eigenvalue weighted by molar-refractivity contribution is -0.143. The van der Waals surface area contributed by atoms with Gasteiger partial charge in [-0.3, -0.25) is 9.58 Å². The van der Waals surface area contributed by atoms with Crippen LogP contribution in [0.5, 0.6) is 0 Å². The van der Waals surface area contributed by atoms with Crippen LogP contribution >= 0.6 is 0 Å². The van der Waals surface area contributed by atoms with Crippen LogP contribution in [0, 0.1) is 0 Å². The molecule has 1 unspecified atom stereocenters. The van der Waals surface area contributed by atoms with Crippen molar-refractivity contribution in [2.75, 3.05) is 19.7 Å². The largest absolute Gasteiger partial charge is 0.393 e. The first kappa shape index (κ1) is 16.9. The molecule has 0 aromatic carbocycles. The second kappa shape index (κ2) is 7.32. The lowest BCUT2D eigenvalue weighted by Crippen LogP contribution is -2.50. The lowest BCUT2D eigenvalue weighted by Gasteiger charge is -2.45. The number of aromatic nitrogens is 2. The molecule has 5 heteroatoms. The zero-order chi connectivity index (χ0) is 16.3. The van der Waals surface area contributed by atoms with Gasteiger partial charge in [-0.25, -0.2) is 0 Å². The van der Waals surface area contributed by atoms with Crippen LogP contribution in [-0.4, -0.2) is 51.2 Å². The number of hydrogen-bond acceptors (Lipinski definition) is 4. The molecule has 0 saturated carbocycles. The van der Waals surface area contributed by atoms with E-state index in [0.717, 1.165) is 63.9 Å². The first-order chi connectivity index (χ1) is 11.1. The molecule has 3 heterocycles. The van der Waals surface area contributed by atoms with Crippen LogP contribution in [-0.2, 0) is 11.3 Å². The number of likely N-dealkylation sites (tertiary alicyclic amines) is 1. The van der Waals surface area contributed by atoms with E-state index in [1.165, 1.54) is 0 Å². The third kappa shape index (κ3) is 3.95. The maximum absolute atomic E-state index is 9.92. The topological polar surface area (TPSA) is 50.5 Å². The molecule has 1 spiro atoms. The van der Waals surface area contributed by atoms with Gasteiger partial charge in [0.1, 0.15) is 0 Å². The van der Waals surface area contributed by atoms with Gasteiger partial charge < -0.3 is 9.84 Å². The minimum Gasteiger partial charge on any atom is -0.393 e. The second-order valence-corrected chi connectivity index (χ2v) is 7.21. The first-order valence-corrected chi connectivity index (χ1v) is 9.22. The highest BCUT2D eigenvalue weighted by Crippen LogP contribution is 2.35. The fourth-order valence-electron chi connectivity index (χ4n) is 4.03. The number of hydrogen-bond donors (Lipinski definition) is 1. The number of rotatable bonds is 5. The van der Waals surface area contributed by atoms with Gasteiger partial charge in [0.25, 0.3) is 0 Å². The third-order valence-corrected chi connectivity index (χ3v) is 5.60. The molecule has 3 rings (SSSR count). The minimum absolute atomic E-state index is 0.0664. The molecule has 130 valence electrons. The van der Waals surface area contributed by atoms with Crippen molar-refractivity contribution in [3.63, 3.8) is 0 Å². The number of nitrogens with zero attached hydrogens (tertiary/aromatic N) is 3. The summed E-state index contributed by atoms with van der Waals surface area (Å²) in [7, 11) is 0. The van der Waals surface area contributed by atoms with Crippen LogP contribution in [0.1, 0.15) is 64.1 Å². The van der Waals surface area contributed by atoms with Crippen LogP contribution in [0.15, 0.2) is 12.3 Å². The molecule has 2 aliphatic rings. The molecular weight excluding hydrogens is 290 g/mol. The van der Waals surface area contributed by atoms with E-state index in [-0.39, 0.29) is 11.7 Å². The van der Waals surface area contributed by atoms with Crippen LogP contribution in [0.3, 0.4) is 0 Å². The van der Waals surface area contributed by atoms with Crippen molar-refractivity contribution in [2.45, 2.75) is 76.7 Å². The smallest absolute Gasteiger partial charge is 0.0764 e. The van der Waals surface area contributed by atoms with Crippen molar-refractivity contribution in [3.8, 4) is 0 Å². The van der Waals surface area contributed by atoms with E-state index in [1.54, 1.807) is 0 Å². The molecular formula is C18H31N3O2. The molecule has 2 fully saturated rings. The normalized spacial score (nSPS) is 25.3. The standard InChI is InChI=1S/C18H31N3O2/c1-3-16(4-2)21-9-5-15(19-21)14-20-10-7-18(8-11-20)13-17(22)6-12-23-18/h5,9,16-17,22H,3-4,6-8,10-14H2,1-2H3. The Hall–Kier alpha value is -0.910. The summed E-state index contributed by atoms with van der Waals surface area (Å²) in [6, 6.07) is 2.68. The van der Waals surface area contributed by atoms with Gasteiger partial charge in [0.15, 0.2) is 0 Å². The van der Waals surface area contributed by atoms with E-state index in [9.17, 15) is 5.11 Å². The quantitative estimate of drug-likeness (QED) is 0.906. The van der Waals surface area contributed by atoms with Gasteiger partial charge >= 0.3 is 0 Å². The Morgan fingerprint density at radius 2 is 2.09 bits per heavy atom. The van der Waals surface area contributed by atoms with Crippen molar-refractivity contribution < 1.29 is 9.84 Å². The molecule has 1 aromatic rings. The molecule has 5 nitrogen and oxygen atoms in total. The Labute approximate surface area is 139 Å². The molecule has 0 bridgehead atoms. The average Bonchev–Trinajstić information content (AvgIpc) is 2.99. The van der Waals surface area contributed by atoms with Gasteiger partial charge in [-0.15, -0.1) is 0 Å². The highest BCUT2D eigenvalue weighted by atomic mass is 16.5. The summed E-state index contributed by atoms with van der Waals surface area (Å²) in [5.74, 6) is 0. The number of piperidine rings is 1. The van der Waals surface area contributed by atoms with Crippen LogP contribution < -0.4 is 0 Å². The van der Waals surface area contributed by atoms with Gasteiger partial charge in [-0.1, -0.05) is 13.8 Å². The predicted molar refractivity (Wildman–Crippen MR) is 90.3 cm³/mol. The summed E-state index contributed by atoms with van der Waals surface area (Å²) in [4.78, 5) is 2.47. The van der Waals surface area contributed by atoms with Crippen molar-refractivity contribution in [3.05, 3.63) is 18.0 Å². The average molecular weight is 321 g/mol. The molecule has 23 heavy (non-hydrogen) atoms. The van der Waals surface area contributed by atoms with E-state index >= 15 is 0 Å².